The summed E-state index contributed by atoms with van der Waals surface area (Å²) in [4.78, 5) is 62.3. The summed E-state index contributed by atoms with van der Waals surface area (Å²) in [6.07, 6.45) is 2.61. The van der Waals surface area contributed by atoms with E-state index in [1.807, 2.05) is 72.8 Å². The van der Waals surface area contributed by atoms with E-state index in [-0.39, 0.29) is 43.5 Å². The number of ether oxygens (including phenoxy) is 1. The number of nitrogens with one attached hydrogen (secondary N) is 4. The van der Waals surface area contributed by atoms with Gasteiger partial charge in [-0.15, -0.1) is 0 Å². The van der Waals surface area contributed by atoms with E-state index in [1.54, 1.807) is 0 Å². The van der Waals surface area contributed by atoms with Crippen molar-refractivity contribution in [1.29, 1.82) is 0 Å². The van der Waals surface area contributed by atoms with Crippen molar-refractivity contribution in [3.8, 4) is 0 Å². The number of benzene rings is 3. The Morgan fingerprint density at radius 3 is 2.36 bits per heavy atom. The highest BCUT2D eigenvalue weighted by Crippen LogP contribution is 2.20. The molecule has 3 unspecified atom stereocenters. The summed E-state index contributed by atoms with van der Waals surface area (Å²) < 4.78 is 4.83. The Hall–Kier alpha value is -4.57. The maximum absolute atomic E-state index is 13.3. The molecule has 0 spiro atoms. The van der Waals surface area contributed by atoms with Gasteiger partial charge in [0.1, 0.15) is 12.3 Å². The van der Waals surface area contributed by atoms with E-state index in [4.69, 9.17) is 4.74 Å². The molecule has 0 radical (unpaired) electrons. The van der Waals surface area contributed by atoms with Crippen molar-refractivity contribution in [2.24, 2.45) is 11.8 Å². The van der Waals surface area contributed by atoms with Gasteiger partial charge in [0.15, 0.2) is 0 Å². The van der Waals surface area contributed by atoms with Crippen LogP contribution in [0.1, 0.15) is 37.3 Å². The molecule has 2 saturated heterocycles. The summed E-state index contributed by atoms with van der Waals surface area (Å²) >= 11 is 0. The Kier molecular flexibility index (Phi) is 12.6. The normalized spacial score (nSPS) is 17.4. The molecule has 5 rings (SSSR count). The van der Waals surface area contributed by atoms with Gasteiger partial charge in [0.25, 0.3) is 0 Å². The molecule has 3 aromatic carbocycles. The van der Waals surface area contributed by atoms with E-state index in [0.29, 0.717) is 19.3 Å². The minimum absolute atomic E-state index is 0.108. The molecule has 3 aromatic rings. The van der Waals surface area contributed by atoms with Crippen LogP contribution in [0.2, 0.25) is 0 Å². The number of hydrogen-bond acceptors (Lipinski definition) is 6. The Labute approximate surface area is 263 Å². The molecule has 2 fully saturated rings. The van der Waals surface area contributed by atoms with Crippen molar-refractivity contribution < 1.29 is 28.7 Å². The molecule has 3 atom stereocenters. The highest BCUT2D eigenvalue weighted by Gasteiger charge is 2.27. The number of aldehydes is 1. The predicted molar refractivity (Wildman–Crippen MR) is 171 cm³/mol. The van der Waals surface area contributed by atoms with E-state index in [2.05, 4.69) is 28.2 Å². The first-order valence-corrected chi connectivity index (χ1v) is 15.5. The summed E-state index contributed by atoms with van der Waals surface area (Å²) in [5.41, 5.74) is 1.70. The zero-order valence-corrected chi connectivity index (χ0v) is 25.6. The molecule has 0 bridgehead atoms. The van der Waals surface area contributed by atoms with E-state index >= 15 is 0 Å². The maximum Gasteiger partial charge on any atom is 0.243 e. The summed E-state index contributed by atoms with van der Waals surface area (Å²) in [5.74, 6) is -1.01. The number of rotatable bonds is 12. The van der Waals surface area contributed by atoms with Crippen LogP contribution in [0.4, 0.5) is 0 Å². The van der Waals surface area contributed by atoms with Crippen LogP contribution in [0, 0.1) is 11.8 Å². The molecule has 238 valence electrons. The zero-order chi connectivity index (χ0) is 32.0. The summed E-state index contributed by atoms with van der Waals surface area (Å²) in [6, 6.07) is 21.0. The molecule has 2 aliphatic rings. The van der Waals surface area contributed by atoms with Gasteiger partial charge in [-0.25, -0.2) is 0 Å². The first kappa shape index (κ1) is 33.3. The Morgan fingerprint density at radius 2 is 1.67 bits per heavy atom. The van der Waals surface area contributed by atoms with E-state index in [0.717, 1.165) is 47.5 Å². The van der Waals surface area contributed by atoms with Gasteiger partial charge in [-0.05, 0) is 41.2 Å². The number of piperidine rings is 1. The number of hydrogen-bond donors (Lipinski definition) is 4. The number of carbonyl (C=O) groups excluding carboxylic acids is 5. The third-order valence-corrected chi connectivity index (χ3v) is 7.84. The number of carbonyl (C=O) groups is 5. The second kappa shape index (κ2) is 17.1. The fourth-order valence-corrected chi connectivity index (χ4v) is 5.34. The van der Waals surface area contributed by atoms with Gasteiger partial charge < -0.3 is 30.8 Å². The van der Waals surface area contributed by atoms with Gasteiger partial charge in [-0.2, -0.15) is 0 Å². The van der Waals surface area contributed by atoms with Gasteiger partial charge in [0.2, 0.25) is 23.6 Å². The second-order valence-corrected chi connectivity index (χ2v) is 11.7. The molecular formula is C35H42N4O6. The summed E-state index contributed by atoms with van der Waals surface area (Å²) in [7, 11) is 0. The van der Waals surface area contributed by atoms with Crippen molar-refractivity contribution in [3.63, 3.8) is 0 Å². The Morgan fingerprint density at radius 1 is 0.956 bits per heavy atom. The van der Waals surface area contributed by atoms with Gasteiger partial charge in [-0.1, -0.05) is 79.7 Å². The maximum atomic E-state index is 13.3. The molecule has 4 N–H and O–H groups in total. The van der Waals surface area contributed by atoms with Crippen LogP contribution in [-0.2, 0) is 41.6 Å². The quantitative estimate of drug-likeness (QED) is 0.231. The third-order valence-electron chi connectivity index (χ3n) is 7.84. The van der Waals surface area contributed by atoms with E-state index in [1.165, 1.54) is 0 Å². The van der Waals surface area contributed by atoms with Crippen LogP contribution in [-0.4, -0.2) is 68.3 Å². The highest BCUT2D eigenvalue weighted by molar-refractivity contribution is 5.93. The van der Waals surface area contributed by atoms with Crippen molar-refractivity contribution >= 4 is 40.7 Å². The lowest BCUT2D eigenvalue weighted by atomic mass is 9.92. The second-order valence-electron chi connectivity index (χ2n) is 11.7. The van der Waals surface area contributed by atoms with Crippen LogP contribution in [0.25, 0.3) is 10.8 Å². The lowest BCUT2D eigenvalue weighted by molar-refractivity contribution is -0.131. The fraction of sp³-hybridized carbons (Fsp3) is 0.400. The standard InChI is InChI=1S/C31H34N4O5.C4H8O/c36-20-25(17-24-13-7-15-32-30(24)39)34-29(38)19-33-31(40)27(35-28(37)16-21-8-2-1-3-9-21)18-23-12-6-11-22-10-4-5-14-26(22)23;1-4-2-5-3-4/h1-6,8-12,14,20,24-25,27H,7,13,15-19H2,(H,32,39)(H,33,40)(H,34,38)(H,35,37);4H,2-3H2,1H3. The SMILES string of the molecule is CC1COC1.O=CC(CC1CCCNC1=O)NC(=O)CNC(=O)C(Cc1cccc2ccccc12)NC(=O)Cc1ccccc1. The topological polar surface area (TPSA) is 143 Å². The van der Waals surface area contributed by atoms with Gasteiger partial charge in [0.05, 0.1) is 32.2 Å². The molecule has 45 heavy (non-hydrogen) atoms. The van der Waals surface area contributed by atoms with Gasteiger partial charge in [0, 0.05) is 24.8 Å². The number of fused-ring (bicyclic) bond motifs is 1. The van der Waals surface area contributed by atoms with Crippen molar-refractivity contribution in [1.82, 2.24) is 21.3 Å². The first-order chi connectivity index (χ1) is 21.8. The smallest absolute Gasteiger partial charge is 0.243 e. The molecule has 10 nitrogen and oxygen atoms in total. The average Bonchev–Trinajstić information content (AvgIpc) is 3.04. The van der Waals surface area contributed by atoms with Crippen LogP contribution in [0.3, 0.4) is 0 Å². The predicted octanol–water partition coefficient (Wildman–Crippen LogP) is 2.48. The van der Waals surface area contributed by atoms with Crippen molar-refractivity contribution in [3.05, 3.63) is 83.9 Å². The monoisotopic (exact) mass is 614 g/mol. The van der Waals surface area contributed by atoms with E-state index in [9.17, 15) is 24.0 Å². The molecule has 2 aliphatic heterocycles. The van der Waals surface area contributed by atoms with Crippen LogP contribution in [0.15, 0.2) is 72.8 Å². The average molecular weight is 615 g/mol. The lowest BCUT2D eigenvalue weighted by Gasteiger charge is -2.24. The molecule has 4 amide bonds. The molecule has 0 saturated carbocycles. The molecule has 0 aliphatic carbocycles. The van der Waals surface area contributed by atoms with E-state index < -0.39 is 23.9 Å². The van der Waals surface area contributed by atoms with Crippen molar-refractivity contribution in [2.45, 2.75) is 51.1 Å². The first-order valence-electron chi connectivity index (χ1n) is 15.5. The summed E-state index contributed by atoms with van der Waals surface area (Å²) in [6.45, 7) is 4.39. The molecule has 0 aromatic heterocycles. The number of amides is 4. The van der Waals surface area contributed by atoms with Gasteiger partial charge in [-0.3, -0.25) is 19.2 Å². The molecule has 2 heterocycles. The largest absolute Gasteiger partial charge is 0.381 e. The zero-order valence-electron chi connectivity index (χ0n) is 25.6. The minimum atomic E-state index is -0.928. The molecular weight excluding hydrogens is 572 g/mol. The highest BCUT2D eigenvalue weighted by atomic mass is 16.5. The minimum Gasteiger partial charge on any atom is -0.381 e. The fourth-order valence-electron chi connectivity index (χ4n) is 5.34. The lowest BCUT2D eigenvalue weighted by Crippen LogP contribution is -2.51. The van der Waals surface area contributed by atoms with Gasteiger partial charge >= 0.3 is 0 Å². The van der Waals surface area contributed by atoms with Crippen LogP contribution >= 0.6 is 0 Å². The third kappa shape index (κ3) is 10.5. The molecule has 10 heteroatoms. The Bertz CT molecular complexity index is 1450. The van der Waals surface area contributed by atoms with Crippen LogP contribution < -0.4 is 21.3 Å². The van der Waals surface area contributed by atoms with Crippen LogP contribution in [0.5, 0.6) is 0 Å². The Balaban J connectivity index is 0.000000838. The van der Waals surface area contributed by atoms with Crippen molar-refractivity contribution in [2.75, 3.05) is 26.3 Å². The summed E-state index contributed by atoms with van der Waals surface area (Å²) in [5, 5.41) is 12.8.